The molecule has 0 unspecified atom stereocenters. The molecule has 176 valence electrons. The Labute approximate surface area is 206 Å². The summed E-state index contributed by atoms with van der Waals surface area (Å²) >= 11 is 3.40. The van der Waals surface area contributed by atoms with E-state index in [1.54, 1.807) is 29.4 Å². The van der Waals surface area contributed by atoms with Gasteiger partial charge < -0.3 is 9.30 Å². The van der Waals surface area contributed by atoms with E-state index < -0.39 is 0 Å². The van der Waals surface area contributed by atoms with Crippen LogP contribution in [0.25, 0.3) is 26.9 Å². The Hall–Kier alpha value is -2.53. The molecule has 1 aromatic carbocycles. The van der Waals surface area contributed by atoms with Crippen LogP contribution >= 0.6 is 23.1 Å². The van der Waals surface area contributed by atoms with Gasteiger partial charge in [0, 0.05) is 31.9 Å². The number of morpholine rings is 1. The monoisotopic (exact) mass is 493 g/mol. The highest BCUT2D eigenvalue weighted by Gasteiger charge is 2.19. The van der Waals surface area contributed by atoms with Crippen molar-refractivity contribution in [1.29, 1.82) is 0 Å². The number of hydrogen-bond donors (Lipinski definition) is 0. The number of hydrogen-bond acceptors (Lipinski definition) is 8. The molecule has 0 atom stereocenters. The van der Waals surface area contributed by atoms with Crippen molar-refractivity contribution in [3.05, 3.63) is 47.7 Å². The fourth-order valence-corrected chi connectivity index (χ4v) is 6.54. The molecule has 0 bridgehead atoms. The van der Waals surface area contributed by atoms with Gasteiger partial charge in [-0.05, 0) is 38.0 Å². The van der Waals surface area contributed by atoms with E-state index in [2.05, 4.69) is 41.5 Å². The Kier molecular flexibility index (Phi) is 5.98. The summed E-state index contributed by atoms with van der Waals surface area (Å²) in [4.78, 5) is 16.9. The lowest BCUT2D eigenvalue weighted by atomic mass is 10.2. The fraction of sp³-hybridized carbons (Fsp3) is 0.417. The fourth-order valence-electron chi connectivity index (χ4n) is 4.63. The summed E-state index contributed by atoms with van der Waals surface area (Å²) < 4.78 is 11.9. The topological polar surface area (TPSA) is 73.4 Å². The number of aryl methyl sites for hydroxylation is 2. The molecule has 4 aromatic heterocycles. The second-order valence-electron chi connectivity index (χ2n) is 8.65. The average molecular weight is 494 g/mol. The maximum atomic E-state index is 5.47. The van der Waals surface area contributed by atoms with Crippen LogP contribution in [-0.2, 0) is 17.0 Å². The first-order chi connectivity index (χ1) is 16.7. The first kappa shape index (κ1) is 22.0. The highest BCUT2D eigenvalue weighted by molar-refractivity contribution is 8.00. The second kappa shape index (κ2) is 9.26. The van der Waals surface area contributed by atoms with Crippen molar-refractivity contribution in [3.8, 4) is 0 Å². The first-order valence-electron chi connectivity index (χ1n) is 11.7. The van der Waals surface area contributed by atoms with Gasteiger partial charge in [-0.1, -0.05) is 23.9 Å². The van der Waals surface area contributed by atoms with Gasteiger partial charge in [0.15, 0.2) is 15.8 Å². The molecule has 34 heavy (non-hydrogen) atoms. The van der Waals surface area contributed by atoms with Gasteiger partial charge in [0.25, 0.3) is 0 Å². The molecule has 6 rings (SSSR count). The van der Waals surface area contributed by atoms with Crippen LogP contribution in [0.5, 0.6) is 0 Å². The molecule has 0 N–H and O–H groups in total. The molecule has 0 spiro atoms. The van der Waals surface area contributed by atoms with E-state index in [9.17, 15) is 0 Å². The third-order valence-electron chi connectivity index (χ3n) is 6.55. The smallest absolute Gasteiger partial charge is 0.168 e. The summed E-state index contributed by atoms with van der Waals surface area (Å²) in [5.41, 5.74) is 5.42. The summed E-state index contributed by atoms with van der Waals surface area (Å²) in [6.45, 7) is 10.1. The standard InChI is InChI=1S/C24H27N7OS2/c1-16-17(2)30(9-5-8-29-10-12-32-13-11-29)22-21(16)23-27-20(28-31(23)15-25-22)14-33-24-26-18-6-3-4-7-19(18)34-24/h3-4,6-7,15H,5,8-14H2,1-2H3. The molecule has 8 nitrogen and oxygen atoms in total. The predicted octanol–water partition coefficient (Wildman–Crippen LogP) is 4.32. The normalized spacial score (nSPS) is 15.2. The maximum Gasteiger partial charge on any atom is 0.168 e. The molecule has 0 amide bonds. The molecule has 10 heteroatoms. The highest BCUT2D eigenvalue weighted by Crippen LogP contribution is 2.32. The number of aromatic nitrogens is 6. The molecule has 1 aliphatic rings. The third kappa shape index (κ3) is 4.08. The minimum atomic E-state index is 0.682. The number of fused-ring (bicyclic) bond motifs is 4. The van der Waals surface area contributed by atoms with Gasteiger partial charge >= 0.3 is 0 Å². The lowest BCUT2D eigenvalue weighted by Crippen LogP contribution is -2.37. The van der Waals surface area contributed by atoms with Crippen LogP contribution in [0.2, 0.25) is 0 Å². The van der Waals surface area contributed by atoms with Crippen LogP contribution in [0.4, 0.5) is 0 Å². The molecule has 1 saturated heterocycles. The number of thioether (sulfide) groups is 1. The van der Waals surface area contributed by atoms with Crippen LogP contribution in [0, 0.1) is 13.8 Å². The van der Waals surface area contributed by atoms with Gasteiger partial charge in [0.2, 0.25) is 0 Å². The van der Waals surface area contributed by atoms with Crippen LogP contribution in [-0.4, -0.2) is 66.9 Å². The van der Waals surface area contributed by atoms with Gasteiger partial charge in [-0.25, -0.2) is 19.5 Å². The quantitative estimate of drug-likeness (QED) is 0.313. The SMILES string of the molecule is Cc1c(C)n(CCCN2CCOCC2)c2ncn3nc(CSc4nc5ccccc5s4)nc3c12. The van der Waals surface area contributed by atoms with Gasteiger partial charge in [-0.3, -0.25) is 4.90 Å². The van der Waals surface area contributed by atoms with Crippen molar-refractivity contribution in [2.75, 3.05) is 32.8 Å². The first-order valence-corrected chi connectivity index (χ1v) is 13.5. The summed E-state index contributed by atoms with van der Waals surface area (Å²) in [7, 11) is 0. The molecule has 0 aliphatic carbocycles. The minimum absolute atomic E-state index is 0.682. The highest BCUT2D eigenvalue weighted by atomic mass is 32.2. The Morgan fingerprint density at radius 3 is 2.76 bits per heavy atom. The van der Waals surface area contributed by atoms with E-state index in [1.165, 1.54) is 16.0 Å². The van der Waals surface area contributed by atoms with Crippen molar-refractivity contribution in [2.24, 2.45) is 0 Å². The zero-order valence-electron chi connectivity index (χ0n) is 19.4. The Balaban J connectivity index is 1.23. The maximum absolute atomic E-state index is 5.47. The number of benzene rings is 1. The van der Waals surface area contributed by atoms with Crippen molar-refractivity contribution in [1.82, 2.24) is 34.0 Å². The molecular formula is C24H27N7OS2. The molecular weight excluding hydrogens is 466 g/mol. The van der Waals surface area contributed by atoms with Crippen molar-refractivity contribution < 1.29 is 4.74 Å². The zero-order valence-corrected chi connectivity index (χ0v) is 21.0. The average Bonchev–Trinajstić information content (AvgIpc) is 3.53. The van der Waals surface area contributed by atoms with E-state index >= 15 is 0 Å². The van der Waals surface area contributed by atoms with Crippen LogP contribution in [0.15, 0.2) is 34.9 Å². The minimum Gasteiger partial charge on any atom is -0.379 e. The summed E-state index contributed by atoms with van der Waals surface area (Å²) in [6.07, 6.45) is 2.89. The zero-order chi connectivity index (χ0) is 23.1. The van der Waals surface area contributed by atoms with E-state index in [4.69, 9.17) is 24.8 Å². The largest absolute Gasteiger partial charge is 0.379 e. The van der Waals surface area contributed by atoms with E-state index in [1.807, 2.05) is 10.6 Å². The molecule has 0 saturated carbocycles. The van der Waals surface area contributed by atoms with Crippen LogP contribution in [0.1, 0.15) is 23.5 Å². The predicted molar refractivity (Wildman–Crippen MR) is 137 cm³/mol. The van der Waals surface area contributed by atoms with Gasteiger partial charge in [0.05, 0.1) is 34.6 Å². The summed E-state index contributed by atoms with van der Waals surface area (Å²) in [6, 6.07) is 8.24. The molecule has 1 fully saturated rings. The molecule has 5 aromatic rings. The number of nitrogens with zero attached hydrogens (tertiary/aromatic N) is 7. The third-order valence-corrected chi connectivity index (χ3v) is 8.72. The Morgan fingerprint density at radius 2 is 1.91 bits per heavy atom. The Morgan fingerprint density at radius 1 is 1.06 bits per heavy atom. The van der Waals surface area contributed by atoms with E-state index in [0.29, 0.717) is 5.75 Å². The van der Waals surface area contributed by atoms with Crippen LogP contribution in [0.3, 0.4) is 0 Å². The molecule has 0 radical (unpaired) electrons. The van der Waals surface area contributed by atoms with E-state index in [0.717, 1.165) is 78.2 Å². The van der Waals surface area contributed by atoms with E-state index in [-0.39, 0.29) is 0 Å². The number of para-hydroxylation sites is 1. The summed E-state index contributed by atoms with van der Waals surface area (Å²) in [5, 5.41) is 5.81. The number of ether oxygens (including phenoxy) is 1. The summed E-state index contributed by atoms with van der Waals surface area (Å²) in [5.74, 6) is 1.48. The second-order valence-corrected chi connectivity index (χ2v) is 10.9. The van der Waals surface area contributed by atoms with Crippen LogP contribution < -0.4 is 0 Å². The van der Waals surface area contributed by atoms with Gasteiger partial charge in [-0.2, -0.15) is 0 Å². The van der Waals surface area contributed by atoms with Crippen molar-refractivity contribution in [2.45, 2.75) is 36.9 Å². The number of thiazole rings is 1. The van der Waals surface area contributed by atoms with Gasteiger partial charge in [-0.15, -0.1) is 16.4 Å². The van der Waals surface area contributed by atoms with Crippen molar-refractivity contribution in [3.63, 3.8) is 0 Å². The molecule has 5 heterocycles. The Bertz CT molecular complexity index is 1430. The lowest BCUT2D eigenvalue weighted by molar-refractivity contribution is 0.0369. The van der Waals surface area contributed by atoms with Crippen molar-refractivity contribution >= 4 is 50.0 Å². The molecule has 1 aliphatic heterocycles. The number of rotatable bonds is 7. The van der Waals surface area contributed by atoms with Gasteiger partial charge in [0.1, 0.15) is 12.0 Å². The lowest BCUT2D eigenvalue weighted by Gasteiger charge is -2.26.